The molecule has 2 aliphatic rings. The molecule has 0 bridgehead atoms. The molecule has 50 heavy (non-hydrogen) atoms. The Kier molecular flexibility index (Phi) is 12.2. The van der Waals surface area contributed by atoms with Crippen molar-refractivity contribution in [2.24, 2.45) is 0 Å². The van der Waals surface area contributed by atoms with Crippen LogP contribution in [0.25, 0.3) is 0 Å². The van der Waals surface area contributed by atoms with Gasteiger partial charge in [0.25, 0.3) is 23.6 Å². The Morgan fingerprint density at radius 2 is 1.08 bits per heavy atom. The van der Waals surface area contributed by atoms with Gasteiger partial charge in [0.05, 0.1) is 56.0 Å². The maximum absolute atomic E-state index is 12.7. The fraction of sp³-hybridized carbons (Fsp3) is 0.425. The molecule has 0 spiro atoms. The molecule has 5 rings (SSSR count). The number of aryl methyl sites for hydroxylation is 1. The van der Waals surface area contributed by atoms with Gasteiger partial charge in [-0.05, 0) is 80.5 Å². The molecule has 2 aliphatic heterocycles. The fourth-order valence-electron chi connectivity index (χ4n) is 6.81. The maximum atomic E-state index is 12.7. The molecule has 0 unspecified atom stereocenters. The van der Waals surface area contributed by atoms with Gasteiger partial charge in [-0.3, -0.25) is 33.8 Å². The van der Waals surface area contributed by atoms with Crippen LogP contribution in [0.3, 0.4) is 0 Å². The van der Waals surface area contributed by atoms with E-state index in [9.17, 15) is 24.0 Å². The van der Waals surface area contributed by atoms with E-state index in [-0.39, 0.29) is 30.0 Å². The van der Waals surface area contributed by atoms with Crippen molar-refractivity contribution >= 4 is 35.3 Å². The smallest absolute Gasteiger partial charge is 0.303 e. The second-order valence-corrected chi connectivity index (χ2v) is 14.0. The first-order valence-corrected chi connectivity index (χ1v) is 17.8. The van der Waals surface area contributed by atoms with E-state index in [1.54, 1.807) is 48.5 Å². The highest BCUT2D eigenvalue weighted by Gasteiger charge is 2.35. The molecule has 3 aromatic rings. The van der Waals surface area contributed by atoms with Crippen LogP contribution in [0.4, 0.5) is 5.69 Å². The molecule has 1 N–H and O–H groups in total. The number of quaternary nitrogens is 1. The Morgan fingerprint density at radius 1 is 0.600 bits per heavy atom. The predicted octanol–water partition coefficient (Wildman–Crippen LogP) is 5.91. The van der Waals surface area contributed by atoms with Gasteiger partial charge in [-0.25, -0.2) is 0 Å². The molecule has 4 amide bonds. The van der Waals surface area contributed by atoms with E-state index in [0.717, 1.165) is 86.9 Å². The number of likely N-dealkylation sites (N-methyl/N-ethyl adjacent to an activating group) is 1. The number of carbonyl (C=O) groups excluding carboxylic acids is 4. The van der Waals surface area contributed by atoms with Crippen molar-refractivity contribution in [1.29, 1.82) is 0 Å². The Balaban J connectivity index is 1.09. The average Bonchev–Trinajstić information content (AvgIpc) is 3.50. The average molecular weight is 682 g/mol. The number of carboxylic acids is 1. The molecule has 10 nitrogen and oxygen atoms in total. The third-order valence-corrected chi connectivity index (χ3v) is 9.84. The highest BCUT2D eigenvalue weighted by molar-refractivity contribution is 6.22. The molecule has 0 saturated carbocycles. The van der Waals surface area contributed by atoms with Gasteiger partial charge in [-0.2, -0.15) is 0 Å². The van der Waals surface area contributed by atoms with Gasteiger partial charge < -0.3 is 14.5 Å². The quantitative estimate of drug-likeness (QED) is 0.0896. The number of aliphatic carboxylic acids is 1. The number of fused-ring (bicyclic) bond motifs is 2. The second kappa shape index (κ2) is 16.7. The number of hydrogen-bond donors (Lipinski definition) is 1. The summed E-state index contributed by atoms with van der Waals surface area (Å²) in [5.41, 5.74) is 4.21. The van der Waals surface area contributed by atoms with Crippen LogP contribution in [0.15, 0.2) is 72.8 Å². The first-order chi connectivity index (χ1) is 24.1. The van der Waals surface area contributed by atoms with E-state index in [1.165, 1.54) is 9.80 Å². The van der Waals surface area contributed by atoms with E-state index >= 15 is 0 Å². The van der Waals surface area contributed by atoms with Crippen molar-refractivity contribution in [2.75, 3.05) is 58.3 Å². The standard InChI is InChI=1S/C40H48N4O6/c1-44(2,28-12-11-26-43-39(49)34-17-7-8-18-35(34)40(43)50)29-27-41(31-22-20-30(21-23-31)14-13-19-36(45)46)24-9-3-4-10-25-42-37(47)32-15-5-6-16-33(32)38(42)48/h5-8,15-18,20-23H,3-4,9-14,19,24-29H2,1-2H3/p+1. The van der Waals surface area contributed by atoms with E-state index in [2.05, 4.69) is 43.3 Å². The van der Waals surface area contributed by atoms with E-state index < -0.39 is 5.97 Å². The van der Waals surface area contributed by atoms with Crippen molar-refractivity contribution in [3.8, 4) is 0 Å². The molecule has 2 heterocycles. The van der Waals surface area contributed by atoms with Gasteiger partial charge in [-0.1, -0.05) is 49.2 Å². The van der Waals surface area contributed by atoms with Crippen LogP contribution in [-0.2, 0) is 11.2 Å². The lowest BCUT2D eigenvalue weighted by atomic mass is 10.1. The summed E-state index contributed by atoms with van der Waals surface area (Å²) in [6.07, 6.45) is 6.76. The lowest BCUT2D eigenvalue weighted by molar-refractivity contribution is -0.889. The van der Waals surface area contributed by atoms with Gasteiger partial charge in [0, 0.05) is 31.7 Å². The minimum absolute atomic E-state index is 0.159. The van der Waals surface area contributed by atoms with Crippen molar-refractivity contribution in [1.82, 2.24) is 9.80 Å². The Morgan fingerprint density at radius 3 is 1.58 bits per heavy atom. The Hall–Kier alpha value is -4.83. The molecule has 0 fully saturated rings. The molecule has 0 aliphatic carbocycles. The Labute approximate surface area is 294 Å². The molecule has 3 aromatic carbocycles. The summed E-state index contributed by atoms with van der Waals surface area (Å²) < 4.78 is 0.798. The lowest BCUT2D eigenvalue weighted by Gasteiger charge is -2.34. The third-order valence-electron chi connectivity index (χ3n) is 9.84. The van der Waals surface area contributed by atoms with Crippen LogP contribution in [0.5, 0.6) is 0 Å². The van der Waals surface area contributed by atoms with E-state index in [0.29, 0.717) is 41.8 Å². The molecule has 0 radical (unpaired) electrons. The van der Waals surface area contributed by atoms with Crippen LogP contribution in [-0.4, -0.2) is 102 Å². The number of anilines is 1. The largest absolute Gasteiger partial charge is 0.481 e. The number of carbonyl (C=O) groups is 5. The zero-order valence-electron chi connectivity index (χ0n) is 29.3. The zero-order valence-corrected chi connectivity index (χ0v) is 29.3. The van der Waals surface area contributed by atoms with E-state index in [4.69, 9.17) is 5.11 Å². The van der Waals surface area contributed by atoms with Crippen molar-refractivity contribution in [2.45, 2.75) is 57.8 Å². The number of carboxylic acid groups (broad SMARTS) is 1. The van der Waals surface area contributed by atoms with Crippen LogP contribution in [0, 0.1) is 0 Å². The minimum atomic E-state index is -0.777. The number of benzene rings is 3. The first kappa shape index (κ1) is 36.5. The maximum Gasteiger partial charge on any atom is 0.303 e. The summed E-state index contributed by atoms with van der Waals surface area (Å²) in [6.45, 7) is 4.39. The molecule has 0 saturated heterocycles. The SMILES string of the molecule is C[N+](C)(CCCCN1C(=O)c2ccccc2C1=O)CCN(CCCCCCN1C(=O)c2ccccc2C1=O)c1ccc(CCCC(=O)O)cc1. The Bertz CT molecular complexity index is 1630. The molecule has 0 aromatic heterocycles. The number of rotatable bonds is 20. The van der Waals surface area contributed by atoms with E-state index in [1.807, 2.05) is 0 Å². The van der Waals surface area contributed by atoms with Gasteiger partial charge in [0.15, 0.2) is 0 Å². The lowest BCUT2D eigenvalue weighted by Crippen LogP contribution is -2.46. The number of imide groups is 2. The summed E-state index contributed by atoms with van der Waals surface area (Å²) in [4.78, 5) is 66.9. The summed E-state index contributed by atoms with van der Waals surface area (Å²) in [7, 11) is 4.43. The first-order valence-electron chi connectivity index (χ1n) is 17.8. The van der Waals surface area contributed by atoms with Crippen molar-refractivity contribution in [3.63, 3.8) is 0 Å². The van der Waals surface area contributed by atoms with Crippen LogP contribution >= 0.6 is 0 Å². The highest BCUT2D eigenvalue weighted by atomic mass is 16.4. The predicted molar refractivity (Wildman–Crippen MR) is 192 cm³/mol. The van der Waals surface area contributed by atoms with Crippen molar-refractivity contribution in [3.05, 3.63) is 101 Å². The summed E-state index contributed by atoms with van der Waals surface area (Å²) in [5.74, 6) is -1.58. The highest BCUT2D eigenvalue weighted by Crippen LogP contribution is 2.25. The normalized spacial score (nSPS) is 14.0. The molecule has 264 valence electrons. The summed E-state index contributed by atoms with van der Waals surface area (Å²) in [5, 5.41) is 8.99. The van der Waals surface area contributed by atoms with Crippen LogP contribution < -0.4 is 4.90 Å². The summed E-state index contributed by atoms with van der Waals surface area (Å²) in [6, 6.07) is 22.4. The van der Waals surface area contributed by atoms with Crippen molar-refractivity contribution < 1.29 is 33.6 Å². The molecular formula is C40H49N4O6+. The molecule has 0 atom stereocenters. The monoisotopic (exact) mass is 681 g/mol. The number of nitrogens with zero attached hydrogens (tertiary/aromatic N) is 4. The number of hydrogen-bond acceptors (Lipinski definition) is 6. The second-order valence-electron chi connectivity index (χ2n) is 14.0. The van der Waals surface area contributed by atoms with Crippen LogP contribution in [0.2, 0.25) is 0 Å². The van der Waals surface area contributed by atoms with Gasteiger partial charge in [-0.15, -0.1) is 0 Å². The van der Waals surface area contributed by atoms with Gasteiger partial charge >= 0.3 is 5.97 Å². The van der Waals surface area contributed by atoms with Gasteiger partial charge in [0.1, 0.15) is 0 Å². The third kappa shape index (κ3) is 9.04. The molecular weight excluding hydrogens is 632 g/mol. The minimum Gasteiger partial charge on any atom is -0.481 e. The topological polar surface area (TPSA) is 115 Å². The molecule has 10 heteroatoms. The number of unbranched alkanes of at least 4 members (excludes halogenated alkanes) is 4. The summed E-state index contributed by atoms with van der Waals surface area (Å²) >= 11 is 0. The van der Waals surface area contributed by atoms with Gasteiger partial charge in [0.2, 0.25) is 0 Å². The fourth-order valence-corrected chi connectivity index (χ4v) is 6.81. The van der Waals surface area contributed by atoms with Crippen LogP contribution in [0.1, 0.15) is 98.4 Å². The number of amides is 4. The zero-order chi connectivity index (χ0) is 35.7.